The number of aliphatic carboxylic acids is 1. The van der Waals surface area contributed by atoms with Crippen molar-refractivity contribution in [2.24, 2.45) is 5.41 Å². The minimum atomic E-state index is -1.50. The van der Waals surface area contributed by atoms with Crippen molar-refractivity contribution in [2.45, 2.75) is 72.1 Å². The first-order valence-corrected chi connectivity index (χ1v) is 9.90. The maximum absolute atomic E-state index is 11.7. The van der Waals surface area contributed by atoms with Crippen LogP contribution in [0.1, 0.15) is 72.1 Å². The Bertz CT molecular complexity index is 412. The molecule has 0 atom stereocenters. The molecule has 0 saturated heterocycles. The molecule has 0 aromatic heterocycles. The van der Waals surface area contributed by atoms with Crippen LogP contribution in [-0.2, 0) is 14.3 Å². The lowest BCUT2D eigenvalue weighted by Crippen LogP contribution is -2.41. The number of carbonyl (C=O) groups is 3. The number of amides is 2. The minimum Gasteiger partial charge on any atom is -0.481 e. The summed E-state index contributed by atoms with van der Waals surface area (Å²) in [6.45, 7) is 5.78. The minimum absolute atomic E-state index is 0.382. The van der Waals surface area contributed by atoms with Gasteiger partial charge in [-0.3, -0.25) is 4.79 Å². The van der Waals surface area contributed by atoms with E-state index in [1.54, 1.807) is 0 Å². The smallest absolute Gasteiger partial charge is 0.407 e. The lowest BCUT2D eigenvalue weighted by molar-refractivity contribution is -0.152. The first-order chi connectivity index (χ1) is 12.9. The highest BCUT2D eigenvalue weighted by Crippen LogP contribution is 2.18. The predicted octanol–water partition coefficient (Wildman–Crippen LogP) is 3.69. The van der Waals surface area contributed by atoms with Crippen LogP contribution in [0, 0.1) is 5.41 Å². The fourth-order valence-corrected chi connectivity index (χ4v) is 2.20. The molecule has 3 N–H and O–H groups in total. The molecule has 0 aromatic rings. The molecule has 27 heavy (non-hydrogen) atoms. The molecule has 0 saturated carbocycles. The number of carbonyl (C=O) groups excluding carboxylic acids is 2. The van der Waals surface area contributed by atoms with Gasteiger partial charge < -0.3 is 25.2 Å². The molecule has 0 unspecified atom stereocenters. The highest BCUT2D eigenvalue weighted by molar-refractivity contribution is 5.76. The van der Waals surface area contributed by atoms with Gasteiger partial charge in [0.25, 0.3) is 0 Å². The largest absolute Gasteiger partial charge is 0.481 e. The molecule has 0 aliphatic carbocycles. The van der Waals surface area contributed by atoms with Crippen LogP contribution in [0.3, 0.4) is 0 Å². The summed E-state index contributed by atoms with van der Waals surface area (Å²) >= 11 is 0. The van der Waals surface area contributed by atoms with Crippen LogP contribution in [0.25, 0.3) is 0 Å². The molecule has 0 fully saturated rings. The van der Waals surface area contributed by atoms with E-state index in [1.165, 1.54) is 6.92 Å². The van der Waals surface area contributed by atoms with Crippen LogP contribution in [0.2, 0.25) is 0 Å². The molecule has 158 valence electrons. The van der Waals surface area contributed by atoms with Crippen molar-refractivity contribution in [2.75, 3.05) is 26.3 Å². The fourth-order valence-electron chi connectivity index (χ4n) is 2.20. The maximum atomic E-state index is 11.7. The van der Waals surface area contributed by atoms with Gasteiger partial charge >= 0.3 is 18.2 Å². The topological polar surface area (TPSA) is 114 Å². The highest BCUT2D eigenvalue weighted by atomic mass is 16.6. The number of alkyl carbamates (subject to hydrolysis) is 2. The van der Waals surface area contributed by atoms with E-state index in [1.807, 2.05) is 0 Å². The number of hydrogen-bond donors (Lipinski definition) is 3. The molecular formula is C19H36N2O6. The molecule has 0 aliphatic heterocycles. The van der Waals surface area contributed by atoms with Crippen LogP contribution in [-0.4, -0.2) is 49.6 Å². The van der Waals surface area contributed by atoms with Gasteiger partial charge in [0, 0.05) is 13.1 Å². The van der Waals surface area contributed by atoms with E-state index in [2.05, 4.69) is 24.5 Å². The lowest BCUT2D eigenvalue weighted by Gasteiger charge is -2.24. The quantitative estimate of drug-likeness (QED) is 0.369. The van der Waals surface area contributed by atoms with Crippen molar-refractivity contribution in [3.8, 4) is 0 Å². The van der Waals surface area contributed by atoms with Gasteiger partial charge in [0.2, 0.25) is 0 Å². The third kappa shape index (κ3) is 12.9. The van der Waals surface area contributed by atoms with E-state index >= 15 is 0 Å². The third-order valence-electron chi connectivity index (χ3n) is 4.16. The zero-order valence-corrected chi connectivity index (χ0v) is 17.0. The van der Waals surface area contributed by atoms with Crippen molar-refractivity contribution < 1.29 is 29.0 Å². The number of hydrogen-bond acceptors (Lipinski definition) is 5. The lowest BCUT2D eigenvalue weighted by atomic mass is 9.93. The second-order valence-corrected chi connectivity index (χ2v) is 6.99. The molecule has 2 amide bonds. The Hall–Kier alpha value is -1.99. The Kier molecular flexibility index (Phi) is 14.0. The summed E-state index contributed by atoms with van der Waals surface area (Å²) in [6.07, 6.45) is 6.81. The molecule has 0 radical (unpaired) electrons. The number of ether oxygens (including phenoxy) is 2. The molecule has 0 spiro atoms. The summed E-state index contributed by atoms with van der Waals surface area (Å²) in [6, 6.07) is 0. The van der Waals surface area contributed by atoms with Crippen LogP contribution < -0.4 is 10.6 Å². The molecule has 0 rings (SSSR count). The number of carboxylic acids is 1. The first-order valence-electron chi connectivity index (χ1n) is 9.90. The first kappa shape index (κ1) is 25.0. The molecule has 0 aliphatic rings. The van der Waals surface area contributed by atoms with Gasteiger partial charge in [0.15, 0.2) is 0 Å². The third-order valence-corrected chi connectivity index (χ3v) is 4.16. The predicted molar refractivity (Wildman–Crippen MR) is 103 cm³/mol. The van der Waals surface area contributed by atoms with E-state index < -0.39 is 23.6 Å². The summed E-state index contributed by atoms with van der Waals surface area (Å²) < 4.78 is 9.98. The van der Waals surface area contributed by atoms with Crippen molar-refractivity contribution in [3.05, 3.63) is 0 Å². The molecular weight excluding hydrogens is 352 g/mol. The van der Waals surface area contributed by atoms with Gasteiger partial charge in [-0.2, -0.15) is 0 Å². The second kappa shape index (κ2) is 15.1. The zero-order chi connectivity index (χ0) is 20.5. The average molecular weight is 389 g/mol. The van der Waals surface area contributed by atoms with E-state index in [4.69, 9.17) is 9.47 Å². The Morgan fingerprint density at radius 1 is 0.778 bits per heavy atom. The monoisotopic (exact) mass is 388 g/mol. The summed E-state index contributed by atoms with van der Waals surface area (Å²) in [4.78, 5) is 34.8. The maximum Gasteiger partial charge on any atom is 0.407 e. The zero-order valence-electron chi connectivity index (χ0n) is 17.0. The Morgan fingerprint density at radius 2 is 1.19 bits per heavy atom. The SMILES string of the molecule is CCCCCCNC(=O)OCC(C)(COC(=O)NCCCCCC)C(=O)O. The Morgan fingerprint density at radius 3 is 1.52 bits per heavy atom. The molecule has 8 nitrogen and oxygen atoms in total. The van der Waals surface area contributed by atoms with Crippen LogP contribution >= 0.6 is 0 Å². The Labute approximate surface area is 162 Å². The van der Waals surface area contributed by atoms with Crippen LogP contribution in [0.4, 0.5) is 9.59 Å². The van der Waals surface area contributed by atoms with Crippen LogP contribution in [0.5, 0.6) is 0 Å². The number of nitrogens with one attached hydrogen (secondary N) is 2. The van der Waals surface area contributed by atoms with Crippen molar-refractivity contribution in [1.29, 1.82) is 0 Å². The summed E-state index contributed by atoms with van der Waals surface area (Å²) in [5.74, 6) is -1.20. The fraction of sp³-hybridized carbons (Fsp3) is 0.842. The normalized spacial score (nSPS) is 10.9. The Balaban J connectivity index is 4.13. The molecule has 0 aromatic carbocycles. The van der Waals surface area contributed by atoms with Crippen molar-refractivity contribution in [1.82, 2.24) is 10.6 Å². The summed E-state index contributed by atoms with van der Waals surface area (Å²) in [5.41, 5.74) is -1.50. The number of rotatable bonds is 15. The van der Waals surface area contributed by atoms with Gasteiger partial charge in [-0.1, -0.05) is 52.4 Å². The van der Waals surface area contributed by atoms with Crippen LogP contribution in [0.15, 0.2) is 0 Å². The number of carboxylic acid groups (broad SMARTS) is 1. The van der Waals surface area contributed by atoms with E-state index in [9.17, 15) is 19.5 Å². The van der Waals surface area contributed by atoms with Gasteiger partial charge in [0.05, 0.1) is 0 Å². The molecule has 0 bridgehead atoms. The average Bonchev–Trinajstić information content (AvgIpc) is 2.64. The number of unbranched alkanes of at least 4 members (excludes halogenated alkanes) is 6. The molecule has 8 heteroatoms. The van der Waals surface area contributed by atoms with Gasteiger partial charge in [-0.15, -0.1) is 0 Å². The van der Waals surface area contributed by atoms with E-state index in [0.717, 1.165) is 51.4 Å². The van der Waals surface area contributed by atoms with Gasteiger partial charge in [-0.25, -0.2) is 9.59 Å². The van der Waals surface area contributed by atoms with E-state index in [0.29, 0.717) is 13.1 Å². The molecule has 0 heterocycles. The second-order valence-electron chi connectivity index (χ2n) is 6.99. The van der Waals surface area contributed by atoms with Gasteiger partial charge in [-0.05, 0) is 19.8 Å². The van der Waals surface area contributed by atoms with Gasteiger partial charge in [0.1, 0.15) is 18.6 Å². The summed E-state index contributed by atoms with van der Waals surface area (Å²) in [7, 11) is 0. The highest BCUT2D eigenvalue weighted by Gasteiger charge is 2.37. The van der Waals surface area contributed by atoms with E-state index in [-0.39, 0.29) is 13.2 Å². The standard InChI is InChI=1S/C19H36N2O6/c1-4-6-8-10-12-20-17(24)26-14-19(3,16(22)23)15-27-18(25)21-13-11-9-7-5-2/h4-15H2,1-3H3,(H,20,24)(H,21,25)(H,22,23). The summed E-state index contributed by atoms with van der Waals surface area (Å²) in [5, 5.41) is 14.6. The van der Waals surface area contributed by atoms with Crippen molar-refractivity contribution >= 4 is 18.2 Å². The van der Waals surface area contributed by atoms with Crippen molar-refractivity contribution in [3.63, 3.8) is 0 Å².